The first kappa shape index (κ1) is 11.0. The molecule has 0 radical (unpaired) electrons. The van der Waals surface area contributed by atoms with E-state index >= 15 is 0 Å². The van der Waals surface area contributed by atoms with Crippen molar-refractivity contribution < 1.29 is 4.74 Å². The molecule has 0 aliphatic carbocycles. The molecule has 0 saturated heterocycles. The van der Waals surface area contributed by atoms with Crippen molar-refractivity contribution in [1.29, 1.82) is 5.26 Å². The molecule has 0 aliphatic heterocycles. The van der Waals surface area contributed by atoms with Crippen LogP contribution in [-0.4, -0.2) is 13.7 Å². The molecular weight excluding hydrogens is 244 g/mol. The fourth-order valence-electron chi connectivity index (χ4n) is 1.13. The van der Waals surface area contributed by atoms with Gasteiger partial charge in [-0.2, -0.15) is 5.26 Å². The Hall–Kier alpha value is -1.05. The van der Waals surface area contributed by atoms with Gasteiger partial charge in [-0.15, -0.1) is 0 Å². The number of hydrogen-bond acceptors (Lipinski definition) is 3. The van der Waals surface area contributed by atoms with Gasteiger partial charge in [0.05, 0.1) is 0 Å². The van der Waals surface area contributed by atoms with E-state index < -0.39 is 0 Å². The maximum atomic E-state index is 8.40. The number of ether oxygens (including phenoxy) is 1. The average molecular weight is 255 g/mol. The summed E-state index contributed by atoms with van der Waals surface area (Å²) >= 11 is 3.39. The minimum Gasteiger partial charge on any atom is -0.478 e. The lowest BCUT2D eigenvalue weighted by Gasteiger charge is -2.09. The third kappa shape index (κ3) is 3.02. The van der Waals surface area contributed by atoms with E-state index in [4.69, 9.17) is 10.00 Å². The maximum absolute atomic E-state index is 8.40. The molecule has 1 aromatic rings. The first-order chi connectivity index (χ1) is 6.77. The van der Waals surface area contributed by atoms with Gasteiger partial charge in [-0.1, -0.05) is 15.9 Å². The summed E-state index contributed by atoms with van der Waals surface area (Å²) < 4.78 is 6.28. The number of benzene rings is 1. The summed E-state index contributed by atoms with van der Waals surface area (Å²) in [6, 6.07) is 7.67. The van der Waals surface area contributed by atoms with E-state index in [0.717, 1.165) is 22.3 Å². The molecule has 0 amide bonds. The highest BCUT2D eigenvalue weighted by atomic mass is 79.9. The lowest BCUT2D eigenvalue weighted by Crippen LogP contribution is -2.07. The summed E-state index contributed by atoms with van der Waals surface area (Å²) in [4.78, 5) is 0. The quantitative estimate of drug-likeness (QED) is 0.895. The van der Waals surface area contributed by atoms with Gasteiger partial charge in [0.2, 0.25) is 0 Å². The summed E-state index contributed by atoms with van der Waals surface area (Å²) in [5, 5.41) is 11.4. The first-order valence-electron chi connectivity index (χ1n) is 4.20. The second-order valence-corrected chi connectivity index (χ2v) is 3.64. The van der Waals surface area contributed by atoms with Gasteiger partial charge in [0, 0.05) is 16.6 Å². The van der Waals surface area contributed by atoms with E-state index in [0.29, 0.717) is 0 Å². The maximum Gasteiger partial charge on any atom is 0.174 e. The summed E-state index contributed by atoms with van der Waals surface area (Å²) in [7, 11) is 1.87. The second kappa shape index (κ2) is 5.63. The Bertz CT molecular complexity index is 346. The van der Waals surface area contributed by atoms with Crippen LogP contribution in [0.3, 0.4) is 0 Å². The Balaban J connectivity index is 2.85. The van der Waals surface area contributed by atoms with Crippen LogP contribution >= 0.6 is 15.9 Å². The zero-order valence-electron chi connectivity index (χ0n) is 7.88. The zero-order chi connectivity index (χ0) is 10.4. The van der Waals surface area contributed by atoms with Crippen molar-refractivity contribution >= 4 is 15.9 Å². The van der Waals surface area contributed by atoms with Crippen LogP contribution in [0.25, 0.3) is 0 Å². The molecule has 74 valence electrons. The van der Waals surface area contributed by atoms with E-state index in [1.165, 1.54) is 0 Å². The van der Waals surface area contributed by atoms with E-state index in [9.17, 15) is 0 Å². The summed E-state index contributed by atoms with van der Waals surface area (Å²) in [5.41, 5.74) is 1.04. The molecule has 1 N–H and O–H groups in total. The van der Waals surface area contributed by atoms with Crippen LogP contribution in [0.5, 0.6) is 5.75 Å². The Morgan fingerprint density at radius 2 is 2.36 bits per heavy atom. The number of rotatable bonds is 4. The molecule has 1 aromatic carbocycles. The molecule has 0 spiro atoms. The Morgan fingerprint density at radius 1 is 1.57 bits per heavy atom. The minimum atomic E-state index is 0.0817. The number of hydrogen-bond donors (Lipinski definition) is 1. The molecular formula is C10H11BrN2O. The average Bonchev–Trinajstić information content (AvgIpc) is 2.17. The van der Waals surface area contributed by atoms with Crippen LogP contribution in [0.2, 0.25) is 0 Å². The van der Waals surface area contributed by atoms with Crippen LogP contribution < -0.4 is 10.1 Å². The second-order valence-electron chi connectivity index (χ2n) is 2.73. The number of halogens is 1. The van der Waals surface area contributed by atoms with E-state index in [2.05, 4.69) is 21.2 Å². The fourth-order valence-corrected chi connectivity index (χ4v) is 1.54. The van der Waals surface area contributed by atoms with E-state index in [-0.39, 0.29) is 6.61 Å². The lowest BCUT2D eigenvalue weighted by molar-refractivity contribution is 0.363. The number of nitriles is 1. The van der Waals surface area contributed by atoms with Crippen molar-refractivity contribution in [2.24, 2.45) is 0 Å². The summed E-state index contributed by atoms with van der Waals surface area (Å²) in [5.74, 6) is 0.754. The van der Waals surface area contributed by atoms with Gasteiger partial charge in [0.15, 0.2) is 6.61 Å². The molecule has 0 atom stereocenters. The molecule has 0 heterocycles. The third-order valence-corrected chi connectivity index (χ3v) is 2.18. The van der Waals surface area contributed by atoms with Crippen LogP contribution in [0.4, 0.5) is 0 Å². The van der Waals surface area contributed by atoms with Gasteiger partial charge in [-0.05, 0) is 25.2 Å². The number of nitrogens with one attached hydrogen (secondary N) is 1. The van der Waals surface area contributed by atoms with Crippen molar-refractivity contribution in [3.63, 3.8) is 0 Å². The van der Waals surface area contributed by atoms with Crippen LogP contribution in [0.15, 0.2) is 22.7 Å². The molecule has 14 heavy (non-hydrogen) atoms. The minimum absolute atomic E-state index is 0.0817. The molecule has 1 rings (SSSR count). The van der Waals surface area contributed by atoms with Crippen LogP contribution in [0, 0.1) is 11.3 Å². The highest BCUT2D eigenvalue weighted by Gasteiger charge is 2.03. The molecule has 0 saturated carbocycles. The Labute approximate surface area is 91.8 Å². The van der Waals surface area contributed by atoms with Gasteiger partial charge < -0.3 is 10.1 Å². The predicted molar refractivity (Wildman–Crippen MR) is 58.0 cm³/mol. The molecule has 0 bridgehead atoms. The Kier molecular flexibility index (Phi) is 4.44. The predicted octanol–water partition coefficient (Wildman–Crippen LogP) is 2.07. The SMILES string of the molecule is CNCc1cc(Br)ccc1OCC#N. The molecule has 0 aromatic heterocycles. The van der Waals surface area contributed by atoms with Gasteiger partial charge >= 0.3 is 0 Å². The van der Waals surface area contributed by atoms with E-state index in [1.54, 1.807) is 0 Å². The van der Waals surface area contributed by atoms with Crippen molar-refractivity contribution in [3.8, 4) is 11.8 Å². The van der Waals surface area contributed by atoms with Gasteiger partial charge in [0.1, 0.15) is 11.8 Å². The summed E-state index contributed by atoms with van der Waals surface area (Å²) in [6.07, 6.45) is 0. The zero-order valence-corrected chi connectivity index (χ0v) is 9.47. The summed E-state index contributed by atoms with van der Waals surface area (Å²) in [6.45, 7) is 0.804. The highest BCUT2D eigenvalue weighted by molar-refractivity contribution is 9.10. The monoisotopic (exact) mass is 254 g/mol. The molecule has 0 fully saturated rings. The van der Waals surface area contributed by atoms with Gasteiger partial charge in [-0.3, -0.25) is 0 Å². The highest BCUT2D eigenvalue weighted by Crippen LogP contribution is 2.22. The molecule has 3 nitrogen and oxygen atoms in total. The lowest BCUT2D eigenvalue weighted by atomic mass is 10.2. The smallest absolute Gasteiger partial charge is 0.174 e. The normalized spacial score (nSPS) is 9.50. The Morgan fingerprint density at radius 3 is 3.00 bits per heavy atom. The van der Waals surface area contributed by atoms with Crippen molar-refractivity contribution in [3.05, 3.63) is 28.2 Å². The van der Waals surface area contributed by atoms with E-state index in [1.807, 2.05) is 31.3 Å². The molecule has 0 aliphatic rings. The fraction of sp³-hybridized carbons (Fsp3) is 0.300. The topological polar surface area (TPSA) is 45.0 Å². The third-order valence-electron chi connectivity index (χ3n) is 1.68. The van der Waals surface area contributed by atoms with Crippen LogP contribution in [-0.2, 0) is 6.54 Å². The molecule has 4 heteroatoms. The van der Waals surface area contributed by atoms with Crippen molar-refractivity contribution in [1.82, 2.24) is 5.32 Å². The standard InChI is InChI=1S/C10H11BrN2O/c1-13-7-8-6-9(11)2-3-10(8)14-5-4-12/h2-3,6,13H,5,7H2,1H3. The van der Waals surface area contributed by atoms with Crippen LogP contribution in [0.1, 0.15) is 5.56 Å². The van der Waals surface area contributed by atoms with Crippen molar-refractivity contribution in [2.45, 2.75) is 6.54 Å². The molecule has 0 unspecified atom stereocenters. The largest absolute Gasteiger partial charge is 0.478 e. The number of nitrogens with zero attached hydrogens (tertiary/aromatic N) is 1. The first-order valence-corrected chi connectivity index (χ1v) is 5.00. The van der Waals surface area contributed by atoms with Crippen molar-refractivity contribution in [2.75, 3.05) is 13.7 Å². The van der Waals surface area contributed by atoms with Gasteiger partial charge in [0.25, 0.3) is 0 Å². The van der Waals surface area contributed by atoms with Gasteiger partial charge in [-0.25, -0.2) is 0 Å².